The molecule has 1 N–H and O–H groups in total. The Morgan fingerprint density at radius 3 is 2.65 bits per heavy atom. The molecule has 0 radical (unpaired) electrons. The number of nitrogens with zero attached hydrogens (tertiary/aromatic N) is 6. The number of hydrogen-bond donors (Lipinski definition) is 1. The molecule has 1 amide bonds. The van der Waals surface area contributed by atoms with E-state index < -0.39 is 17.4 Å². The first-order valence-corrected chi connectivity index (χ1v) is 8.00. The summed E-state index contributed by atoms with van der Waals surface area (Å²) in [6.45, 7) is 4.99. The first-order chi connectivity index (χ1) is 12.4. The highest BCUT2D eigenvalue weighted by Crippen LogP contribution is 2.19. The zero-order chi connectivity index (χ0) is 18.8. The molecule has 0 atom stereocenters. The number of para-hydroxylation sites is 1. The lowest BCUT2D eigenvalue weighted by Gasteiger charge is -2.09. The summed E-state index contributed by atoms with van der Waals surface area (Å²) in [5.74, 6) is -0.676. The van der Waals surface area contributed by atoms with E-state index in [1.807, 2.05) is 0 Å². The number of aryl methyl sites for hydroxylation is 1. The summed E-state index contributed by atoms with van der Waals surface area (Å²) in [7, 11) is 0. The number of carbonyl (C=O) groups excluding carboxylic acids is 1. The molecule has 0 saturated heterocycles. The van der Waals surface area contributed by atoms with Crippen molar-refractivity contribution in [3.8, 4) is 5.69 Å². The molecule has 3 rings (SSSR count). The number of aromatic nitrogens is 6. The van der Waals surface area contributed by atoms with Crippen LogP contribution in [-0.2, 0) is 11.3 Å². The zero-order valence-electron chi connectivity index (χ0n) is 14.5. The molecule has 0 unspecified atom stereocenters. The fourth-order valence-electron chi connectivity index (χ4n) is 2.42. The molecular weight excluding hydrogens is 341 g/mol. The highest BCUT2D eigenvalue weighted by Gasteiger charge is 2.16. The number of nitrogens with one attached hydrogen (secondary N) is 1. The van der Waals surface area contributed by atoms with Crippen molar-refractivity contribution in [1.29, 1.82) is 0 Å². The van der Waals surface area contributed by atoms with E-state index in [0.29, 0.717) is 11.5 Å². The van der Waals surface area contributed by atoms with Crippen LogP contribution in [0.3, 0.4) is 0 Å². The van der Waals surface area contributed by atoms with Crippen LogP contribution in [0.5, 0.6) is 0 Å². The fourth-order valence-corrected chi connectivity index (χ4v) is 2.42. The van der Waals surface area contributed by atoms with Crippen molar-refractivity contribution in [1.82, 2.24) is 29.6 Å². The first-order valence-electron chi connectivity index (χ1n) is 8.00. The van der Waals surface area contributed by atoms with Crippen LogP contribution in [0.2, 0.25) is 0 Å². The van der Waals surface area contributed by atoms with Crippen molar-refractivity contribution in [3.63, 3.8) is 0 Å². The summed E-state index contributed by atoms with van der Waals surface area (Å²) in [6, 6.07) is 7.54. The zero-order valence-corrected chi connectivity index (χ0v) is 14.5. The van der Waals surface area contributed by atoms with Crippen LogP contribution < -0.4 is 11.0 Å². The molecule has 10 heteroatoms. The van der Waals surface area contributed by atoms with Crippen LogP contribution in [0.15, 0.2) is 35.1 Å². The molecule has 2 aromatic heterocycles. The Hall–Kier alpha value is -3.30. The summed E-state index contributed by atoms with van der Waals surface area (Å²) in [5, 5.41) is 14.3. The van der Waals surface area contributed by atoms with Crippen LogP contribution >= 0.6 is 0 Å². The lowest BCUT2D eigenvalue weighted by atomic mass is 10.3. The Morgan fingerprint density at radius 1 is 1.27 bits per heavy atom. The SMILES string of the molecule is Cc1cc(NC(=O)Cn2nnn(C(C)C)c2=O)n(-c2ccccc2F)n1. The number of hydrogen-bond acceptors (Lipinski definition) is 5. The van der Waals surface area contributed by atoms with Crippen molar-refractivity contribution >= 4 is 11.7 Å². The first kappa shape index (κ1) is 17.5. The van der Waals surface area contributed by atoms with E-state index in [9.17, 15) is 14.0 Å². The minimum absolute atomic E-state index is 0.163. The van der Waals surface area contributed by atoms with Gasteiger partial charge in [-0.3, -0.25) is 4.79 Å². The number of anilines is 1. The average Bonchev–Trinajstić information content (AvgIpc) is 3.11. The van der Waals surface area contributed by atoms with E-state index in [0.717, 1.165) is 4.68 Å². The Morgan fingerprint density at radius 2 is 2.00 bits per heavy atom. The Bertz CT molecular complexity index is 1000. The molecule has 0 aliphatic carbocycles. The van der Waals surface area contributed by atoms with Crippen LogP contribution in [0, 0.1) is 12.7 Å². The smallest absolute Gasteiger partial charge is 0.309 e. The molecular formula is C16H18FN7O2. The van der Waals surface area contributed by atoms with E-state index >= 15 is 0 Å². The maximum atomic E-state index is 14.0. The Kier molecular flexibility index (Phi) is 4.65. The van der Waals surface area contributed by atoms with Gasteiger partial charge in [-0.2, -0.15) is 14.5 Å². The van der Waals surface area contributed by atoms with Crippen LogP contribution in [0.1, 0.15) is 25.6 Å². The van der Waals surface area contributed by atoms with Crippen molar-refractivity contribution in [2.24, 2.45) is 0 Å². The monoisotopic (exact) mass is 359 g/mol. The highest BCUT2D eigenvalue weighted by atomic mass is 19.1. The lowest BCUT2D eigenvalue weighted by molar-refractivity contribution is -0.117. The van der Waals surface area contributed by atoms with Gasteiger partial charge in [-0.15, -0.1) is 0 Å². The number of halogens is 1. The van der Waals surface area contributed by atoms with Gasteiger partial charge in [0, 0.05) is 6.07 Å². The number of benzene rings is 1. The Labute approximate surface area is 148 Å². The summed E-state index contributed by atoms with van der Waals surface area (Å²) in [4.78, 5) is 24.4. The number of amides is 1. The quantitative estimate of drug-likeness (QED) is 0.740. The van der Waals surface area contributed by atoms with E-state index in [1.54, 1.807) is 45.0 Å². The molecule has 136 valence electrons. The van der Waals surface area contributed by atoms with Crippen molar-refractivity contribution in [3.05, 3.63) is 52.3 Å². The van der Waals surface area contributed by atoms with E-state index in [2.05, 4.69) is 20.8 Å². The normalized spacial score (nSPS) is 11.1. The summed E-state index contributed by atoms with van der Waals surface area (Å²) in [6.07, 6.45) is 0. The molecule has 0 aliphatic rings. The third-order valence-electron chi connectivity index (χ3n) is 3.62. The van der Waals surface area contributed by atoms with Crippen molar-refractivity contribution in [2.45, 2.75) is 33.4 Å². The van der Waals surface area contributed by atoms with Gasteiger partial charge in [0.2, 0.25) is 5.91 Å². The van der Waals surface area contributed by atoms with E-state index in [1.165, 1.54) is 15.4 Å². The molecule has 0 fully saturated rings. The maximum Gasteiger partial charge on any atom is 0.364 e. The van der Waals surface area contributed by atoms with Gasteiger partial charge < -0.3 is 5.32 Å². The standard InChI is InChI=1S/C16H18FN7O2/c1-10(2)23-16(26)22(20-21-23)9-15(25)18-14-8-11(3)19-24(14)13-7-5-4-6-12(13)17/h4-8,10H,9H2,1-3H3,(H,18,25). The molecule has 0 saturated carbocycles. The second-order valence-corrected chi connectivity index (χ2v) is 6.04. The largest absolute Gasteiger partial charge is 0.364 e. The van der Waals surface area contributed by atoms with Gasteiger partial charge in [0.25, 0.3) is 0 Å². The van der Waals surface area contributed by atoms with Crippen molar-refractivity contribution in [2.75, 3.05) is 5.32 Å². The molecule has 9 nitrogen and oxygen atoms in total. The molecule has 0 bridgehead atoms. The minimum atomic E-state index is -0.500. The van der Waals surface area contributed by atoms with E-state index in [-0.39, 0.29) is 18.3 Å². The van der Waals surface area contributed by atoms with Crippen molar-refractivity contribution < 1.29 is 9.18 Å². The van der Waals surface area contributed by atoms with Crippen LogP contribution in [-0.4, -0.2) is 35.5 Å². The molecule has 0 spiro atoms. The minimum Gasteiger partial charge on any atom is -0.309 e. The summed E-state index contributed by atoms with van der Waals surface area (Å²) < 4.78 is 17.5. The van der Waals surface area contributed by atoms with Gasteiger partial charge in [0.15, 0.2) is 0 Å². The van der Waals surface area contributed by atoms with Gasteiger partial charge in [-0.05, 0) is 43.3 Å². The highest BCUT2D eigenvalue weighted by molar-refractivity contribution is 5.90. The van der Waals surface area contributed by atoms with Gasteiger partial charge >= 0.3 is 5.69 Å². The van der Waals surface area contributed by atoms with E-state index in [4.69, 9.17) is 0 Å². The maximum absolute atomic E-state index is 14.0. The second-order valence-electron chi connectivity index (χ2n) is 6.04. The van der Waals surface area contributed by atoms with Gasteiger partial charge in [-0.25, -0.2) is 13.9 Å². The van der Waals surface area contributed by atoms with Crippen LogP contribution in [0.4, 0.5) is 10.2 Å². The third kappa shape index (κ3) is 3.39. The molecule has 26 heavy (non-hydrogen) atoms. The molecule has 3 aromatic rings. The summed E-state index contributed by atoms with van der Waals surface area (Å²) in [5.41, 5.74) is 0.333. The third-order valence-corrected chi connectivity index (χ3v) is 3.62. The average molecular weight is 359 g/mol. The fraction of sp³-hybridized carbons (Fsp3) is 0.312. The number of tetrazole rings is 1. The van der Waals surface area contributed by atoms with Crippen LogP contribution in [0.25, 0.3) is 5.69 Å². The predicted octanol–water partition coefficient (Wildman–Crippen LogP) is 1.29. The van der Waals surface area contributed by atoms with Gasteiger partial charge in [0.05, 0.1) is 11.7 Å². The number of rotatable bonds is 5. The summed E-state index contributed by atoms with van der Waals surface area (Å²) >= 11 is 0. The van der Waals surface area contributed by atoms with Gasteiger partial charge in [-0.1, -0.05) is 12.1 Å². The van der Waals surface area contributed by atoms with Gasteiger partial charge in [0.1, 0.15) is 23.9 Å². The predicted molar refractivity (Wildman–Crippen MR) is 91.6 cm³/mol. The lowest BCUT2D eigenvalue weighted by Crippen LogP contribution is -2.31. The second kappa shape index (κ2) is 6.90. The topological polar surface area (TPSA) is 99.6 Å². The molecule has 1 aromatic carbocycles. The number of carbonyl (C=O) groups is 1. The Balaban J connectivity index is 1.83. The molecule has 2 heterocycles. The molecule has 0 aliphatic heterocycles.